The first-order valence-corrected chi connectivity index (χ1v) is 8.69. The molecule has 0 aliphatic heterocycles. The predicted molar refractivity (Wildman–Crippen MR) is 99.6 cm³/mol. The topological polar surface area (TPSA) is 48.0 Å². The molecule has 0 aliphatic rings. The number of amides is 1. The number of aromatic nitrogens is 1. The fourth-order valence-electron chi connectivity index (χ4n) is 3.01. The maximum atomic E-state index is 12.1. The molecule has 1 aromatic heterocycles. The van der Waals surface area contributed by atoms with E-state index >= 15 is 0 Å². The zero-order chi connectivity index (χ0) is 17.0. The molecule has 122 valence electrons. The number of unbranched alkanes of at least 4 members (excludes halogenated alkanes) is 1. The molecular formula is C19H23BrN2O. The summed E-state index contributed by atoms with van der Waals surface area (Å²) in [6, 6.07) is 8.03. The molecule has 0 radical (unpaired) electrons. The number of allylic oxidation sites excluding steroid dienone is 1. The Labute approximate surface area is 146 Å². The molecule has 0 fully saturated rings. The van der Waals surface area contributed by atoms with Crippen molar-refractivity contribution in [1.82, 2.24) is 4.57 Å². The number of benzene rings is 1. The summed E-state index contributed by atoms with van der Waals surface area (Å²) >= 11 is 3.46. The normalized spacial score (nSPS) is 10.7. The standard InChI is InChI=1S/C19H23BrN2O/c1-4-6-7-16-18(14-8-10-15(20)11-9-14)17(19(21)23)13(3)22(16)12-5-2/h5,8-11H,2,4,6-7,12H2,1,3H3,(H2,21,23). The van der Waals surface area contributed by atoms with Crippen LogP contribution in [0.25, 0.3) is 11.1 Å². The monoisotopic (exact) mass is 374 g/mol. The number of halogens is 1. The highest BCUT2D eigenvalue weighted by atomic mass is 79.9. The van der Waals surface area contributed by atoms with Gasteiger partial charge in [-0.15, -0.1) is 6.58 Å². The van der Waals surface area contributed by atoms with E-state index in [1.54, 1.807) is 0 Å². The van der Waals surface area contributed by atoms with E-state index in [1.165, 1.54) is 5.69 Å². The Morgan fingerprint density at radius 1 is 1.35 bits per heavy atom. The van der Waals surface area contributed by atoms with E-state index in [0.29, 0.717) is 12.1 Å². The van der Waals surface area contributed by atoms with E-state index in [2.05, 4.69) is 34.0 Å². The van der Waals surface area contributed by atoms with Crippen molar-refractivity contribution in [2.45, 2.75) is 39.7 Å². The van der Waals surface area contributed by atoms with Crippen molar-refractivity contribution in [2.75, 3.05) is 0 Å². The number of nitrogens with zero attached hydrogens (tertiary/aromatic N) is 1. The minimum Gasteiger partial charge on any atom is -0.366 e. The molecule has 2 N–H and O–H groups in total. The van der Waals surface area contributed by atoms with Gasteiger partial charge in [-0.25, -0.2) is 0 Å². The number of rotatable bonds is 7. The minimum atomic E-state index is -0.374. The van der Waals surface area contributed by atoms with Crippen LogP contribution < -0.4 is 5.73 Å². The van der Waals surface area contributed by atoms with Crippen LogP contribution in [0.4, 0.5) is 0 Å². The summed E-state index contributed by atoms with van der Waals surface area (Å²) in [6.45, 7) is 8.65. The SMILES string of the molecule is C=CCn1c(C)c(C(N)=O)c(-c2ccc(Br)cc2)c1CCCC. The molecule has 2 rings (SSSR count). The van der Waals surface area contributed by atoms with Crippen molar-refractivity contribution in [2.24, 2.45) is 5.73 Å². The van der Waals surface area contributed by atoms with Gasteiger partial charge in [-0.2, -0.15) is 0 Å². The van der Waals surface area contributed by atoms with Gasteiger partial charge in [0.15, 0.2) is 0 Å². The number of carbonyl (C=O) groups is 1. The van der Waals surface area contributed by atoms with Crippen LogP contribution in [-0.4, -0.2) is 10.5 Å². The lowest BCUT2D eigenvalue weighted by Gasteiger charge is -2.11. The summed E-state index contributed by atoms with van der Waals surface area (Å²) in [5.41, 5.74) is 10.4. The molecule has 0 unspecified atom stereocenters. The largest absolute Gasteiger partial charge is 0.366 e. The van der Waals surface area contributed by atoms with Gasteiger partial charge in [0.2, 0.25) is 0 Å². The van der Waals surface area contributed by atoms with Gasteiger partial charge in [0.1, 0.15) is 0 Å². The Bertz CT molecular complexity index is 714. The summed E-state index contributed by atoms with van der Waals surface area (Å²) in [5, 5.41) is 0. The molecule has 2 aromatic rings. The third-order valence-electron chi connectivity index (χ3n) is 4.09. The van der Waals surface area contributed by atoms with Crippen LogP contribution >= 0.6 is 15.9 Å². The van der Waals surface area contributed by atoms with Crippen molar-refractivity contribution < 1.29 is 4.79 Å². The lowest BCUT2D eigenvalue weighted by molar-refractivity contribution is 0.1000. The summed E-state index contributed by atoms with van der Waals surface area (Å²) in [7, 11) is 0. The van der Waals surface area contributed by atoms with E-state index in [0.717, 1.165) is 40.6 Å². The van der Waals surface area contributed by atoms with Gasteiger partial charge in [-0.3, -0.25) is 4.79 Å². The number of nitrogens with two attached hydrogens (primary N) is 1. The van der Waals surface area contributed by atoms with Crippen LogP contribution in [0.3, 0.4) is 0 Å². The van der Waals surface area contributed by atoms with Gasteiger partial charge >= 0.3 is 0 Å². The van der Waals surface area contributed by atoms with E-state index in [1.807, 2.05) is 37.3 Å². The van der Waals surface area contributed by atoms with E-state index in [4.69, 9.17) is 5.73 Å². The maximum absolute atomic E-state index is 12.1. The summed E-state index contributed by atoms with van der Waals surface area (Å²) in [6.07, 6.45) is 4.95. The van der Waals surface area contributed by atoms with Crippen molar-refractivity contribution in [1.29, 1.82) is 0 Å². The zero-order valence-corrected chi connectivity index (χ0v) is 15.3. The average molecular weight is 375 g/mol. The molecular weight excluding hydrogens is 352 g/mol. The van der Waals surface area contributed by atoms with Gasteiger partial charge in [0, 0.05) is 28.0 Å². The zero-order valence-electron chi connectivity index (χ0n) is 13.7. The Morgan fingerprint density at radius 3 is 2.52 bits per heavy atom. The molecule has 4 heteroatoms. The van der Waals surface area contributed by atoms with Crippen LogP contribution in [-0.2, 0) is 13.0 Å². The average Bonchev–Trinajstić information content (AvgIpc) is 2.79. The van der Waals surface area contributed by atoms with Crippen LogP contribution in [0.2, 0.25) is 0 Å². The summed E-state index contributed by atoms with van der Waals surface area (Å²) in [5.74, 6) is -0.374. The first-order valence-electron chi connectivity index (χ1n) is 7.89. The fraction of sp³-hybridized carbons (Fsp3) is 0.316. The van der Waals surface area contributed by atoms with Crippen LogP contribution in [0.1, 0.15) is 41.5 Å². The number of hydrogen-bond donors (Lipinski definition) is 1. The third-order valence-corrected chi connectivity index (χ3v) is 4.62. The number of hydrogen-bond acceptors (Lipinski definition) is 1. The summed E-state index contributed by atoms with van der Waals surface area (Å²) < 4.78 is 3.18. The second-order valence-electron chi connectivity index (χ2n) is 5.66. The second-order valence-corrected chi connectivity index (χ2v) is 6.57. The van der Waals surface area contributed by atoms with Crippen molar-refractivity contribution in [3.63, 3.8) is 0 Å². The minimum absolute atomic E-state index is 0.374. The lowest BCUT2D eigenvalue weighted by Crippen LogP contribution is -2.13. The fourth-order valence-corrected chi connectivity index (χ4v) is 3.27. The molecule has 3 nitrogen and oxygen atoms in total. The molecule has 0 spiro atoms. The predicted octanol–water partition coefficient (Wildman–Crippen LogP) is 4.85. The molecule has 1 amide bonds. The summed E-state index contributed by atoms with van der Waals surface area (Å²) in [4.78, 5) is 12.1. The van der Waals surface area contributed by atoms with E-state index < -0.39 is 0 Å². The Hall–Kier alpha value is -1.81. The molecule has 23 heavy (non-hydrogen) atoms. The smallest absolute Gasteiger partial charge is 0.251 e. The first kappa shape index (κ1) is 17.5. The van der Waals surface area contributed by atoms with Crippen molar-refractivity contribution in [3.8, 4) is 11.1 Å². The molecule has 1 heterocycles. The quantitative estimate of drug-likeness (QED) is 0.691. The van der Waals surface area contributed by atoms with Gasteiger partial charge in [0.25, 0.3) is 5.91 Å². The first-order chi connectivity index (χ1) is 11.0. The van der Waals surface area contributed by atoms with Gasteiger partial charge in [-0.1, -0.05) is 47.5 Å². The van der Waals surface area contributed by atoms with Gasteiger partial charge in [-0.05, 0) is 37.5 Å². The molecule has 0 saturated heterocycles. The van der Waals surface area contributed by atoms with Crippen molar-refractivity contribution in [3.05, 3.63) is 58.3 Å². The Morgan fingerprint density at radius 2 is 2.00 bits per heavy atom. The Kier molecular flexibility index (Phi) is 5.83. The van der Waals surface area contributed by atoms with E-state index in [9.17, 15) is 4.79 Å². The Balaban J connectivity index is 2.73. The highest BCUT2D eigenvalue weighted by Gasteiger charge is 2.23. The molecule has 0 saturated carbocycles. The van der Waals surface area contributed by atoms with E-state index in [-0.39, 0.29) is 5.91 Å². The molecule has 0 atom stereocenters. The van der Waals surface area contributed by atoms with Crippen LogP contribution in [0, 0.1) is 6.92 Å². The van der Waals surface area contributed by atoms with Crippen LogP contribution in [0.15, 0.2) is 41.4 Å². The highest BCUT2D eigenvalue weighted by Crippen LogP contribution is 2.34. The van der Waals surface area contributed by atoms with Gasteiger partial charge in [0.05, 0.1) is 5.56 Å². The molecule has 0 aliphatic carbocycles. The maximum Gasteiger partial charge on any atom is 0.251 e. The molecule has 1 aromatic carbocycles. The highest BCUT2D eigenvalue weighted by molar-refractivity contribution is 9.10. The van der Waals surface area contributed by atoms with Gasteiger partial charge < -0.3 is 10.3 Å². The third kappa shape index (κ3) is 3.58. The van der Waals surface area contributed by atoms with Crippen LogP contribution in [0.5, 0.6) is 0 Å². The molecule has 0 bridgehead atoms. The van der Waals surface area contributed by atoms with Crippen molar-refractivity contribution >= 4 is 21.8 Å². The number of primary amides is 1. The second kappa shape index (κ2) is 7.64. The lowest BCUT2D eigenvalue weighted by atomic mass is 9.98. The number of carbonyl (C=O) groups excluding carboxylic acids is 1.